The Morgan fingerprint density at radius 1 is 1.71 bits per heavy atom. The van der Waals surface area contributed by atoms with Crippen molar-refractivity contribution in [1.29, 1.82) is 0 Å². The lowest BCUT2D eigenvalue weighted by Gasteiger charge is -2.17. The van der Waals surface area contributed by atoms with Crippen molar-refractivity contribution in [2.24, 2.45) is 0 Å². The SMILES string of the molecule is CCOc1ccn[c]c1N(C)C(C)=O. The van der Waals surface area contributed by atoms with Gasteiger partial charge in [0, 0.05) is 26.2 Å². The molecule has 0 saturated carbocycles. The zero-order valence-electron chi connectivity index (χ0n) is 8.57. The van der Waals surface area contributed by atoms with Crippen LogP contribution in [0.25, 0.3) is 0 Å². The van der Waals surface area contributed by atoms with Crippen molar-refractivity contribution in [3.8, 4) is 5.75 Å². The van der Waals surface area contributed by atoms with Crippen LogP contribution in [0.5, 0.6) is 5.75 Å². The Bertz CT molecular complexity index is 326. The molecule has 1 amide bonds. The Morgan fingerprint density at radius 3 is 3.00 bits per heavy atom. The summed E-state index contributed by atoms with van der Waals surface area (Å²) in [5.74, 6) is 0.551. The molecule has 0 atom stereocenters. The second-order valence-corrected chi connectivity index (χ2v) is 2.78. The largest absolute Gasteiger partial charge is 0.492 e. The van der Waals surface area contributed by atoms with Crippen LogP contribution in [-0.2, 0) is 4.79 Å². The van der Waals surface area contributed by atoms with Crippen molar-refractivity contribution >= 4 is 11.6 Å². The molecule has 4 heteroatoms. The van der Waals surface area contributed by atoms with Gasteiger partial charge >= 0.3 is 0 Å². The topological polar surface area (TPSA) is 42.4 Å². The number of aromatic nitrogens is 1. The summed E-state index contributed by atoms with van der Waals surface area (Å²) < 4.78 is 5.34. The molecule has 1 aromatic rings. The van der Waals surface area contributed by atoms with Gasteiger partial charge in [0.25, 0.3) is 0 Å². The van der Waals surface area contributed by atoms with Crippen molar-refractivity contribution < 1.29 is 9.53 Å². The molecular formula is C10H13N2O2. The number of hydrogen-bond donors (Lipinski definition) is 0. The summed E-state index contributed by atoms with van der Waals surface area (Å²) in [5.41, 5.74) is 0.571. The number of carbonyl (C=O) groups is 1. The minimum atomic E-state index is -0.0739. The van der Waals surface area contributed by atoms with E-state index in [2.05, 4.69) is 11.2 Å². The van der Waals surface area contributed by atoms with Gasteiger partial charge in [-0.05, 0) is 6.92 Å². The van der Waals surface area contributed by atoms with Crippen LogP contribution < -0.4 is 9.64 Å². The number of ether oxygens (including phenoxy) is 1. The molecule has 0 fully saturated rings. The van der Waals surface area contributed by atoms with Crippen molar-refractivity contribution in [3.63, 3.8) is 0 Å². The van der Waals surface area contributed by atoms with E-state index < -0.39 is 0 Å². The number of carbonyl (C=O) groups excluding carboxylic acids is 1. The van der Waals surface area contributed by atoms with E-state index in [-0.39, 0.29) is 5.91 Å². The van der Waals surface area contributed by atoms with E-state index >= 15 is 0 Å². The molecule has 0 saturated heterocycles. The van der Waals surface area contributed by atoms with E-state index in [0.29, 0.717) is 18.0 Å². The van der Waals surface area contributed by atoms with Gasteiger partial charge < -0.3 is 9.64 Å². The first-order chi connectivity index (χ1) is 6.66. The molecule has 0 aromatic carbocycles. The Hall–Kier alpha value is -1.58. The summed E-state index contributed by atoms with van der Waals surface area (Å²) in [6.07, 6.45) is 4.32. The van der Waals surface area contributed by atoms with Crippen LogP contribution in [0, 0.1) is 6.20 Å². The highest BCUT2D eigenvalue weighted by Gasteiger charge is 2.11. The molecule has 14 heavy (non-hydrogen) atoms. The summed E-state index contributed by atoms with van der Waals surface area (Å²) in [4.78, 5) is 16.4. The predicted molar refractivity (Wildman–Crippen MR) is 53.3 cm³/mol. The molecule has 0 aliphatic carbocycles. The zero-order chi connectivity index (χ0) is 10.6. The standard InChI is InChI=1S/C10H13N2O2/c1-4-14-10-5-6-11-7-9(10)12(3)8(2)13/h5-6H,4H2,1-3H3. The minimum Gasteiger partial charge on any atom is -0.492 e. The van der Waals surface area contributed by atoms with Gasteiger partial charge in [-0.3, -0.25) is 9.78 Å². The van der Waals surface area contributed by atoms with Gasteiger partial charge in [-0.15, -0.1) is 0 Å². The van der Waals surface area contributed by atoms with Crippen molar-refractivity contribution in [3.05, 3.63) is 18.5 Å². The molecule has 1 radical (unpaired) electrons. The fourth-order valence-electron chi connectivity index (χ4n) is 1.01. The molecule has 0 bridgehead atoms. The summed E-state index contributed by atoms with van der Waals surface area (Å²) in [5, 5.41) is 0. The average Bonchev–Trinajstić information content (AvgIpc) is 2.18. The van der Waals surface area contributed by atoms with Crippen LogP contribution in [0.4, 0.5) is 5.69 Å². The van der Waals surface area contributed by atoms with Crippen LogP contribution in [0.1, 0.15) is 13.8 Å². The van der Waals surface area contributed by atoms with Crippen molar-refractivity contribution in [1.82, 2.24) is 4.98 Å². The Morgan fingerprint density at radius 2 is 2.43 bits per heavy atom. The summed E-state index contributed by atoms with van der Waals surface area (Å²) in [6, 6.07) is 1.72. The van der Waals surface area contributed by atoms with Gasteiger partial charge in [-0.1, -0.05) is 0 Å². The number of anilines is 1. The maximum atomic E-state index is 11.1. The lowest BCUT2D eigenvalue weighted by atomic mass is 10.3. The van der Waals surface area contributed by atoms with Gasteiger partial charge in [-0.25, -0.2) is 0 Å². The zero-order valence-corrected chi connectivity index (χ0v) is 8.57. The highest BCUT2D eigenvalue weighted by molar-refractivity contribution is 5.92. The summed E-state index contributed by atoms with van der Waals surface area (Å²) in [6.45, 7) is 3.92. The monoisotopic (exact) mass is 193 g/mol. The normalized spacial score (nSPS) is 9.64. The second-order valence-electron chi connectivity index (χ2n) is 2.78. The van der Waals surface area contributed by atoms with Crippen LogP contribution >= 0.6 is 0 Å². The molecule has 0 aliphatic rings. The van der Waals surface area contributed by atoms with E-state index in [0.717, 1.165) is 0 Å². The molecule has 0 spiro atoms. The van der Waals surface area contributed by atoms with Crippen LogP contribution in [0.2, 0.25) is 0 Å². The fourth-order valence-corrected chi connectivity index (χ4v) is 1.01. The molecule has 0 aliphatic heterocycles. The third-order valence-corrected chi connectivity index (χ3v) is 1.81. The third-order valence-electron chi connectivity index (χ3n) is 1.81. The van der Waals surface area contributed by atoms with E-state index in [1.165, 1.54) is 11.8 Å². The van der Waals surface area contributed by atoms with Gasteiger partial charge in [0.05, 0.1) is 6.61 Å². The maximum Gasteiger partial charge on any atom is 0.223 e. The third kappa shape index (κ3) is 2.22. The summed E-state index contributed by atoms with van der Waals surface area (Å²) >= 11 is 0. The van der Waals surface area contributed by atoms with Gasteiger partial charge in [0.1, 0.15) is 17.6 Å². The second kappa shape index (κ2) is 4.60. The molecule has 75 valence electrons. The van der Waals surface area contributed by atoms with E-state index in [9.17, 15) is 4.79 Å². The number of hydrogen-bond acceptors (Lipinski definition) is 3. The van der Waals surface area contributed by atoms with Crippen LogP contribution in [-0.4, -0.2) is 24.5 Å². The smallest absolute Gasteiger partial charge is 0.223 e. The lowest BCUT2D eigenvalue weighted by molar-refractivity contribution is -0.116. The highest BCUT2D eigenvalue weighted by Crippen LogP contribution is 2.25. The lowest BCUT2D eigenvalue weighted by Crippen LogP contribution is -2.23. The number of nitrogens with zero attached hydrogens (tertiary/aromatic N) is 2. The van der Waals surface area contributed by atoms with Gasteiger partial charge in [0.2, 0.25) is 5.91 Å². The first kappa shape index (κ1) is 10.5. The van der Waals surface area contributed by atoms with E-state index in [4.69, 9.17) is 4.74 Å². The van der Waals surface area contributed by atoms with Crippen LogP contribution in [0.3, 0.4) is 0 Å². The average molecular weight is 193 g/mol. The fraction of sp³-hybridized carbons (Fsp3) is 0.400. The Kier molecular flexibility index (Phi) is 3.45. The first-order valence-electron chi connectivity index (χ1n) is 4.40. The number of pyridine rings is 1. The quantitative estimate of drug-likeness (QED) is 0.725. The number of amides is 1. The molecule has 0 N–H and O–H groups in total. The first-order valence-corrected chi connectivity index (χ1v) is 4.40. The Labute approximate surface area is 83.5 Å². The maximum absolute atomic E-state index is 11.1. The van der Waals surface area contributed by atoms with Gasteiger partial charge in [-0.2, -0.15) is 0 Å². The molecule has 1 heterocycles. The number of rotatable bonds is 3. The van der Waals surface area contributed by atoms with Crippen molar-refractivity contribution in [2.75, 3.05) is 18.6 Å². The molecule has 4 nitrogen and oxygen atoms in total. The molecule has 1 aromatic heterocycles. The highest BCUT2D eigenvalue weighted by atomic mass is 16.5. The van der Waals surface area contributed by atoms with E-state index in [1.54, 1.807) is 19.3 Å². The van der Waals surface area contributed by atoms with E-state index in [1.807, 2.05) is 6.92 Å². The molecular weight excluding hydrogens is 180 g/mol. The van der Waals surface area contributed by atoms with Gasteiger partial charge in [0.15, 0.2) is 0 Å². The minimum absolute atomic E-state index is 0.0739. The molecule has 0 unspecified atom stereocenters. The van der Waals surface area contributed by atoms with Crippen molar-refractivity contribution in [2.45, 2.75) is 13.8 Å². The van der Waals surface area contributed by atoms with Crippen LogP contribution in [0.15, 0.2) is 12.3 Å². The Balaban J connectivity index is 3.00. The molecule has 1 rings (SSSR count). The predicted octanol–water partition coefficient (Wildman–Crippen LogP) is 1.26. The summed E-state index contributed by atoms with van der Waals surface area (Å²) in [7, 11) is 1.67.